The highest BCUT2D eigenvalue weighted by atomic mass is 32.2. The fourth-order valence-corrected chi connectivity index (χ4v) is 2.53. The number of thioether (sulfide) groups is 1. The Morgan fingerprint density at radius 2 is 1.95 bits per heavy atom. The molecule has 0 fully saturated rings. The van der Waals surface area contributed by atoms with E-state index >= 15 is 0 Å². The lowest BCUT2D eigenvalue weighted by molar-refractivity contribution is 0.386. The summed E-state index contributed by atoms with van der Waals surface area (Å²) in [6.07, 6.45) is 0. The minimum Gasteiger partial charge on any atom is -0.494 e. The van der Waals surface area contributed by atoms with Crippen molar-refractivity contribution in [3.8, 4) is 5.75 Å². The average molecular weight is 281 g/mol. The van der Waals surface area contributed by atoms with E-state index in [1.165, 1.54) is 43.1 Å². The first-order valence-electron chi connectivity index (χ1n) is 5.60. The Hall–Kier alpha value is -1.75. The van der Waals surface area contributed by atoms with E-state index in [0.717, 1.165) is 5.56 Å². The molecule has 0 radical (unpaired) electrons. The molecule has 0 unspecified atom stereocenters. The number of hydrogen-bond acceptors (Lipinski definition) is 3. The molecule has 19 heavy (non-hydrogen) atoms. The minimum atomic E-state index is -0.409. The van der Waals surface area contributed by atoms with Gasteiger partial charge in [-0.05, 0) is 35.9 Å². The van der Waals surface area contributed by atoms with Crippen molar-refractivity contribution in [1.29, 1.82) is 0 Å². The summed E-state index contributed by atoms with van der Waals surface area (Å²) in [5.41, 5.74) is 7.05. The molecule has 0 bridgehead atoms. The monoisotopic (exact) mass is 281 g/mol. The Bertz CT molecular complexity index is 590. The molecular formula is C14H13F2NOS. The quantitative estimate of drug-likeness (QED) is 0.683. The van der Waals surface area contributed by atoms with Crippen molar-refractivity contribution in [3.05, 3.63) is 53.6 Å². The molecule has 2 N–H and O–H groups in total. The first kappa shape index (κ1) is 13.7. The number of ether oxygens (including phenoxy) is 1. The van der Waals surface area contributed by atoms with Gasteiger partial charge in [-0.15, -0.1) is 11.8 Å². The molecule has 0 amide bonds. The third-order valence-corrected chi connectivity index (χ3v) is 3.73. The predicted octanol–water partition coefficient (Wildman–Crippen LogP) is 3.85. The van der Waals surface area contributed by atoms with Gasteiger partial charge in [0.1, 0.15) is 5.82 Å². The third-order valence-electron chi connectivity index (χ3n) is 2.59. The van der Waals surface area contributed by atoms with Crippen molar-refractivity contribution >= 4 is 17.4 Å². The van der Waals surface area contributed by atoms with Crippen LogP contribution < -0.4 is 10.5 Å². The van der Waals surface area contributed by atoms with Crippen LogP contribution in [0.25, 0.3) is 0 Å². The number of rotatable bonds is 4. The molecule has 0 heterocycles. The lowest BCUT2D eigenvalue weighted by Crippen LogP contribution is -1.92. The zero-order valence-corrected chi connectivity index (χ0v) is 11.1. The van der Waals surface area contributed by atoms with Crippen molar-refractivity contribution in [3.63, 3.8) is 0 Å². The fraction of sp³-hybridized carbons (Fsp3) is 0.143. The smallest absolute Gasteiger partial charge is 0.165 e. The Balaban J connectivity index is 2.10. The second-order valence-electron chi connectivity index (χ2n) is 3.94. The van der Waals surface area contributed by atoms with Crippen LogP contribution in [-0.2, 0) is 5.75 Å². The normalized spacial score (nSPS) is 10.5. The van der Waals surface area contributed by atoms with Gasteiger partial charge in [-0.3, -0.25) is 0 Å². The highest BCUT2D eigenvalue weighted by Crippen LogP contribution is 2.29. The maximum atomic E-state index is 13.5. The van der Waals surface area contributed by atoms with Crippen LogP contribution in [-0.4, -0.2) is 7.11 Å². The van der Waals surface area contributed by atoms with Crippen LogP contribution in [0.1, 0.15) is 5.56 Å². The van der Waals surface area contributed by atoms with Crippen LogP contribution in [0.5, 0.6) is 5.75 Å². The van der Waals surface area contributed by atoms with E-state index in [0.29, 0.717) is 16.3 Å². The summed E-state index contributed by atoms with van der Waals surface area (Å²) >= 11 is 1.36. The molecule has 0 aromatic heterocycles. The van der Waals surface area contributed by atoms with Crippen molar-refractivity contribution in [2.24, 2.45) is 0 Å². The number of halogens is 2. The topological polar surface area (TPSA) is 35.2 Å². The predicted molar refractivity (Wildman–Crippen MR) is 73.3 cm³/mol. The molecule has 2 aromatic rings. The molecule has 0 aliphatic heterocycles. The van der Waals surface area contributed by atoms with E-state index in [1.807, 2.05) is 0 Å². The summed E-state index contributed by atoms with van der Waals surface area (Å²) in [5, 5.41) is 0. The van der Waals surface area contributed by atoms with E-state index in [1.54, 1.807) is 12.1 Å². The first-order chi connectivity index (χ1) is 9.10. The highest BCUT2D eigenvalue weighted by molar-refractivity contribution is 7.98. The largest absolute Gasteiger partial charge is 0.494 e. The van der Waals surface area contributed by atoms with Crippen LogP contribution in [0, 0.1) is 11.6 Å². The molecule has 2 aromatic carbocycles. The Morgan fingerprint density at radius 3 is 2.63 bits per heavy atom. The zero-order valence-electron chi connectivity index (χ0n) is 10.3. The van der Waals surface area contributed by atoms with Gasteiger partial charge in [0.2, 0.25) is 0 Å². The summed E-state index contributed by atoms with van der Waals surface area (Å²) in [7, 11) is 1.42. The van der Waals surface area contributed by atoms with E-state index in [4.69, 9.17) is 10.5 Å². The fourth-order valence-electron chi connectivity index (χ4n) is 1.59. The van der Waals surface area contributed by atoms with Crippen molar-refractivity contribution < 1.29 is 13.5 Å². The summed E-state index contributed by atoms with van der Waals surface area (Å²) in [6.45, 7) is 0. The van der Waals surface area contributed by atoms with Gasteiger partial charge in [-0.25, -0.2) is 8.78 Å². The molecule has 0 aliphatic carbocycles. The van der Waals surface area contributed by atoms with Gasteiger partial charge in [0, 0.05) is 16.3 Å². The van der Waals surface area contributed by atoms with Crippen LogP contribution in [0.2, 0.25) is 0 Å². The van der Waals surface area contributed by atoms with Crippen molar-refractivity contribution in [2.45, 2.75) is 10.6 Å². The first-order valence-corrected chi connectivity index (χ1v) is 6.59. The minimum absolute atomic E-state index is 0.207. The zero-order chi connectivity index (χ0) is 13.8. The van der Waals surface area contributed by atoms with Crippen molar-refractivity contribution in [2.75, 3.05) is 12.8 Å². The third kappa shape index (κ3) is 3.38. The summed E-state index contributed by atoms with van der Waals surface area (Å²) in [6, 6.07) is 8.95. The van der Waals surface area contributed by atoms with Crippen LogP contribution in [0.15, 0.2) is 41.3 Å². The number of hydrogen-bond donors (Lipinski definition) is 1. The Labute approximate surface area is 114 Å². The number of nitrogen functional groups attached to an aromatic ring is 1. The van der Waals surface area contributed by atoms with Gasteiger partial charge in [0.15, 0.2) is 11.6 Å². The van der Waals surface area contributed by atoms with Crippen LogP contribution >= 0.6 is 11.8 Å². The van der Waals surface area contributed by atoms with E-state index in [2.05, 4.69) is 0 Å². The maximum absolute atomic E-state index is 13.5. The second-order valence-corrected chi connectivity index (χ2v) is 4.96. The van der Waals surface area contributed by atoms with Gasteiger partial charge in [-0.1, -0.05) is 6.07 Å². The maximum Gasteiger partial charge on any atom is 0.165 e. The molecule has 0 saturated heterocycles. The summed E-state index contributed by atoms with van der Waals surface area (Å²) in [5.74, 6) is -0.0291. The molecule has 0 spiro atoms. The lowest BCUT2D eigenvalue weighted by atomic mass is 10.2. The van der Waals surface area contributed by atoms with Gasteiger partial charge in [0.25, 0.3) is 0 Å². The summed E-state index contributed by atoms with van der Waals surface area (Å²) in [4.78, 5) is 0.649. The molecule has 0 saturated carbocycles. The molecule has 0 atom stereocenters. The molecule has 100 valence electrons. The average Bonchev–Trinajstić information content (AvgIpc) is 2.40. The van der Waals surface area contributed by atoms with Gasteiger partial charge >= 0.3 is 0 Å². The molecule has 5 heteroatoms. The van der Waals surface area contributed by atoms with Crippen LogP contribution in [0.4, 0.5) is 14.5 Å². The molecule has 2 nitrogen and oxygen atoms in total. The molecular weight excluding hydrogens is 268 g/mol. The van der Waals surface area contributed by atoms with E-state index in [9.17, 15) is 8.78 Å². The van der Waals surface area contributed by atoms with Gasteiger partial charge < -0.3 is 10.5 Å². The molecule has 0 aliphatic rings. The highest BCUT2D eigenvalue weighted by Gasteiger charge is 2.06. The number of benzene rings is 2. The molecule has 2 rings (SSSR count). The second kappa shape index (κ2) is 5.93. The van der Waals surface area contributed by atoms with Gasteiger partial charge in [-0.2, -0.15) is 0 Å². The van der Waals surface area contributed by atoms with E-state index < -0.39 is 5.82 Å². The van der Waals surface area contributed by atoms with Crippen molar-refractivity contribution in [1.82, 2.24) is 0 Å². The van der Waals surface area contributed by atoms with Gasteiger partial charge in [0.05, 0.1) is 7.11 Å². The number of anilines is 1. The Morgan fingerprint density at radius 1 is 1.16 bits per heavy atom. The standard InChI is InChI=1S/C14H13F2NOS/c1-18-13-5-2-9(6-11(13)16)8-19-14-7-10(15)3-4-12(14)17/h2-7H,8,17H2,1H3. The van der Waals surface area contributed by atoms with E-state index in [-0.39, 0.29) is 11.6 Å². The number of methoxy groups -OCH3 is 1. The Kier molecular flexibility index (Phi) is 4.27. The summed E-state index contributed by atoms with van der Waals surface area (Å²) < 4.78 is 31.4. The lowest BCUT2D eigenvalue weighted by Gasteiger charge is -2.07. The SMILES string of the molecule is COc1ccc(CSc2cc(F)ccc2N)cc1F. The number of nitrogens with two attached hydrogens (primary N) is 1. The van der Waals surface area contributed by atoms with Crippen LogP contribution in [0.3, 0.4) is 0 Å².